The van der Waals surface area contributed by atoms with Gasteiger partial charge < -0.3 is 19.5 Å². The van der Waals surface area contributed by atoms with Crippen LogP contribution in [0.4, 0.5) is 0 Å². The van der Waals surface area contributed by atoms with Crippen molar-refractivity contribution in [1.29, 1.82) is 0 Å². The number of carbonyl (C=O) groups is 2. The van der Waals surface area contributed by atoms with Crippen molar-refractivity contribution in [3.63, 3.8) is 0 Å². The summed E-state index contributed by atoms with van der Waals surface area (Å²) in [4.78, 5) is 26.1. The van der Waals surface area contributed by atoms with Crippen LogP contribution in [0.2, 0.25) is 0 Å². The van der Waals surface area contributed by atoms with Crippen LogP contribution in [0.15, 0.2) is 40.7 Å². The fourth-order valence-corrected chi connectivity index (χ4v) is 4.17. The average Bonchev–Trinajstić information content (AvgIpc) is 2.76. The molecular weight excluding hydrogens is 394 g/mol. The number of dihydropyridines is 1. The molecule has 0 amide bonds. The third-order valence-corrected chi connectivity index (χ3v) is 5.71. The quantitative estimate of drug-likeness (QED) is 0.451. The van der Waals surface area contributed by atoms with Crippen molar-refractivity contribution >= 4 is 11.8 Å². The van der Waals surface area contributed by atoms with Gasteiger partial charge in [-0.15, -0.1) is 0 Å². The maximum absolute atomic E-state index is 13.1. The van der Waals surface area contributed by atoms with Crippen molar-refractivity contribution in [2.24, 2.45) is 0 Å². The summed E-state index contributed by atoms with van der Waals surface area (Å²) in [6, 6.07) is 5.65. The molecule has 1 aliphatic carbocycles. The molecule has 0 saturated heterocycles. The lowest BCUT2D eigenvalue weighted by atomic mass is 9.75. The molecule has 0 aromatic heterocycles. The molecule has 0 fully saturated rings. The highest BCUT2D eigenvalue weighted by Gasteiger charge is 2.39. The van der Waals surface area contributed by atoms with E-state index in [4.69, 9.17) is 14.2 Å². The Morgan fingerprint density at radius 2 is 1.94 bits per heavy atom. The minimum Gasteiger partial charge on any atom is -0.493 e. The molecule has 168 valence electrons. The van der Waals surface area contributed by atoms with E-state index in [9.17, 15) is 9.59 Å². The number of unbranched alkanes of at least 4 members (excludes halogenated alkanes) is 1. The molecule has 6 nitrogen and oxygen atoms in total. The van der Waals surface area contributed by atoms with Crippen LogP contribution in [0, 0.1) is 0 Å². The van der Waals surface area contributed by atoms with Gasteiger partial charge in [0.25, 0.3) is 0 Å². The zero-order valence-electron chi connectivity index (χ0n) is 19.0. The van der Waals surface area contributed by atoms with E-state index in [1.807, 2.05) is 32.0 Å². The van der Waals surface area contributed by atoms with Crippen LogP contribution < -0.4 is 14.8 Å². The standard InChI is InChI=1S/C25H33NO5/c1-5-7-14-31-25(28)22-16(3)26-18-9-8-10-19(27)24(18)23(22)17-11-12-20(30-13-6-2)21(15-17)29-4/h11-12,15,23,26H,5-10,13-14H2,1-4H3/t23-/m1/s1. The van der Waals surface area contributed by atoms with Crippen molar-refractivity contribution in [1.82, 2.24) is 5.32 Å². The van der Waals surface area contributed by atoms with Gasteiger partial charge in [-0.2, -0.15) is 0 Å². The summed E-state index contributed by atoms with van der Waals surface area (Å²) >= 11 is 0. The zero-order chi connectivity index (χ0) is 22.4. The van der Waals surface area contributed by atoms with Crippen molar-refractivity contribution in [3.05, 3.63) is 46.3 Å². The van der Waals surface area contributed by atoms with Gasteiger partial charge in [-0.25, -0.2) is 4.79 Å². The van der Waals surface area contributed by atoms with E-state index < -0.39 is 5.92 Å². The van der Waals surface area contributed by atoms with Crippen LogP contribution in [0.25, 0.3) is 0 Å². The second kappa shape index (κ2) is 10.5. The predicted octanol–water partition coefficient (Wildman–Crippen LogP) is 4.80. The summed E-state index contributed by atoms with van der Waals surface area (Å²) in [5, 5.41) is 3.32. The molecule has 31 heavy (non-hydrogen) atoms. The van der Waals surface area contributed by atoms with Gasteiger partial charge in [-0.05, 0) is 50.3 Å². The molecular formula is C25H33NO5. The smallest absolute Gasteiger partial charge is 0.336 e. The van der Waals surface area contributed by atoms with Crippen molar-refractivity contribution in [2.45, 2.75) is 65.2 Å². The number of carbonyl (C=O) groups excluding carboxylic acids is 2. The molecule has 0 unspecified atom stereocenters. The van der Waals surface area contributed by atoms with Crippen LogP contribution in [0.5, 0.6) is 11.5 Å². The minimum absolute atomic E-state index is 0.0791. The summed E-state index contributed by atoms with van der Waals surface area (Å²) in [6.07, 6.45) is 4.73. The summed E-state index contributed by atoms with van der Waals surface area (Å²) in [5.41, 5.74) is 3.64. The molecule has 1 aromatic carbocycles. The first kappa shape index (κ1) is 22.9. The Hall–Kier alpha value is -2.76. The van der Waals surface area contributed by atoms with Gasteiger partial charge in [0, 0.05) is 29.3 Å². The normalized spacial score (nSPS) is 18.5. The number of hydrogen-bond donors (Lipinski definition) is 1. The van der Waals surface area contributed by atoms with Gasteiger partial charge in [0.2, 0.25) is 0 Å². The summed E-state index contributed by atoms with van der Waals surface area (Å²) in [5.74, 6) is 0.464. The SMILES string of the molecule is CCCCOC(=O)C1=C(C)NC2=C(C(=O)CCC2)[C@@H]1c1ccc(OCCC)c(OC)c1. The van der Waals surface area contributed by atoms with Gasteiger partial charge >= 0.3 is 5.97 Å². The number of allylic oxidation sites excluding steroid dienone is 3. The Morgan fingerprint density at radius 1 is 1.13 bits per heavy atom. The second-order valence-corrected chi connectivity index (χ2v) is 8.01. The van der Waals surface area contributed by atoms with E-state index >= 15 is 0 Å². The van der Waals surface area contributed by atoms with Gasteiger partial charge in [-0.3, -0.25) is 4.79 Å². The van der Waals surface area contributed by atoms with E-state index in [-0.39, 0.29) is 11.8 Å². The molecule has 0 radical (unpaired) electrons. The minimum atomic E-state index is -0.479. The number of nitrogens with one attached hydrogen (secondary N) is 1. The molecule has 0 spiro atoms. The first-order chi connectivity index (χ1) is 15.0. The van der Waals surface area contributed by atoms with Crippen molar-refractivity contribution < 1.29 is 23.8 Å². The van der Waals surface area contributed by atoms with Gasteiger partial charge in [0.15, 0.2) is 17.3 Å². The Morgan fingerprint density at radius 3 is 2.65 bits per heavy atom. The Balaban J connectivity index is 2.06. The fraction of sp³-hybridized carbons (Fsp3) is 0.520. The zero-order valence-corrected chi connectivity index (χ0v) is 19.0. The van der Waals surface area contributed by atoms with Gasteiger partial charge in [0.05, 0.1) is 25.9 Å². The lowest BCUT2D eigenvalue weighted by Crippen LogP contribution is -2.34. The maximum atomic E-state index is 13.1. The summed E-state index contributed by atoms with van der Waals surface area (Å²) in [7, 11) is 1.60. The number of methoxy groups -OCH3 is 1. The maximum Gasteiger partial charge on any atom is 0.336 e. The summed E-state index contributed by atoms with van der Waals surface area (Å²) in [6.45, 7) is 6.93. The molecule has 3 rings (SSSR count). The average molecular weight is 428 g/mol. The molecule has 0 saturated carbocycles. The topological polar surface area (TPSA) is 73.9 Å². The first-order valence-electron chi connectivity index (χ1n) is 11.2. The van der Waals surface area contributed by atoms with Gasteiger partial charge in [-0.1, -0.05) is 26.3 Å². The highest BCUT2D eigenvalue weighted by Crippen LogP contribution is 2.44. The molecule has 0 bridgehead atoms. The van der Waals surface area contributed by atoms with E-state index in [0.717, 1.165) is 49.1 Å². The number of rotatable bonds is 9. The fourth-order valence-electron chi connectivity index (χ4n) is 4.17. The molecule has 6 heteroatoms. The molecule has 1 aromatic rings. The van der Waals surface area contributed by atoms with Crippen LogP contribution >= 0.6 is 0 Å². The Labute approximate surface area is 184 Å². The third kappa shape index (κ3) is 4.94. The second-order valence-electron chi connectivity index (χ2n) is 8.01. The van der Waals surface area contributed by atoms with Crippen molar-refractivity contribution in [2.75, 3.05) is 20.3 Å². The van der Waals surface area contributed by atoms with Crippen LogP contribution in [0.3, 0.4) is 0 Å². The van der Waals surface area contributed by atoms with E-state index in [1.165, 1.54) is 0 Å². The van der Waals surface area contributed by atoms with Crippen LogP contribution in [-0.4, -0.2) is 32.1 Å². The number of Topliss-reactive ketones (excluding diaryl/α,β-unsaturated/α-hetero) is 1. The van der Waals surface area contributed by atoms with Crippen LogP contribution in [-0.2, 0) is 14.3 Å². The van der Waals surface area contributed by atoms with E-state index in [0.29, 0.717) is 42.3 Å². The first-order valence-corrected chi connectivity index (χ1v) is 11.2. The third-order valence-electron chi connectivity index (χ3n) is 5.71. The molecule has 1 aliphatic heterocycles. The van der Waals surface area contributed by atoms with Gasteiger partial charge in [0.1, 0.15) is 0 Å². The monoisotopic (exact) mass is 427 g/mol. The number of benzene rings is 1. The molecule has 2 aliphatic rings. The lowest BCUT2D eigenvalue weighted by molar-refractivity contribution is -0.139. The van der Waals surface area contributed by atoms with Crippen LogP contribution in [0.1, 0.15) is 70.8 Å². The largest absolute Gasteiger partial charge is 0.493 e. The number of ether oxygens (including phenoxy) is 3. The number of esters is 1. The number of hydrogen-bond acceptors (Lipinski definition) is 6. The number of ketones is 1. The van der Waals surface area contributed by atoms with Crippen molar-refractivity contribution in [3.8, 4) is 11.5 Å². The predicted molar refractivity (Wildman–Crippen MR) is 119 cm³/mol. The molecule has 1 atom stereocenters. The highest BCUT2D eigenvalue weighted by atomic mass is 16.5. The molecule has 1 N–H and O–H groups in total. The molecule has 1 heterocycles. The highest BCUT2D eigenvalue weighted by molar-refractivity contribution is 6.03. The Kier molecular flexibility index (Phi) is 7.77. The lowest BCUT2D eigenvalue weighted by Gasteiger charge is -2.34. The van der Waals surface area contributed by atoms with E-state index in [1.54, 1.807) is 7.11 Å². The van der Waals surface area contributed by atoms with E-state index in [2.05, 4.69) is 12.2 Å². The Bertz CT molecular complexity index is 899. The summed E-state index contributed by atoms with van der Waals surface area (Å²) < 4.78 is 16.9.